The Morgan fingerprint density at radius 1 is 1.20 bits per heavy atom. The summed E-state index contributed by atoms with van der Waals surface area (Å²) in [6, 6.07) is 4.10. The topological polar surface area (TPSA) is 91.1 Å². The van der Waals surface area contributed by atoms with E-state index in [4.69, 9.17) is 0 Å². The summed E-state index contributed by atoms with van der Waals surface area (Å²) < 4.78 is 0. The van der Waals surface area contributed by atoms with E-state index >= 15 is 0 Å². The van der Waals surface area contributed by atoms with E-state index in [1.807, 2.05) is 19.9 Å². The van der Waals surface area contributed by atoms with E-state index in [9.17, 15) is 5.26 Å². The van der Waals surface area contributed by atoms with Gasteiger partial charge in [0.05, 0.1) is 11.9 Å². The summed E-state index contributed by atoms with van der Waals surface area (Å²) in [5, 5.41) is 10.6. The van der Waals surface area contributed by atoms with Crippen LogP contribution in [0.3, 0.4) is 0 Å². The number of H-pyrrole nitrogens is 1. The van der Waals surface area contributed by atoms with E-state index in [0.717, 1.165) is 16.8 Å². The van der Waals surface area contributed by atoms with Crippen molar-refractivity contribution in [3.63, 3.8) is 0 Å². The van der Waals surface area contributed by atoms with Gasteiger partial charge < -0.3 is 4.98 Å². The van der Waals surface area contributed by atoms with Gasteiger partial charge in [-0.05, 0) is 37.2 Å². The van der Waals surface area contributed by atoms with Crippen LogP contribution in [-0.2, 0) is 0 Å². The third kappa shape index (κ3) is 2.10. The third-order valence-corrected chi connectivity index (χ3v) is 3.80. The van der Waals surface area contributed by atoms with Gasteiger partial charge in [-0.25, -0.2) is 19.9 Å². The first-order chi connectivity index (χ1) is 9.69. The smallest absolute Gasteiger partial charge is 0.181 e. The Bertz CT molecular complexity index is 832. The largest absolute Gasteiger partial charge is 0.341 e. The van der Waals surface area contributed by atoms with Gasteiger partial charge in [0.15, 0.2) is 5.65 Å². The quantitative estimate of drug-likeness (QED) is 0.726. The van der Waals surface area contributed by atoms with Crippen molar-refractivity contribution in [1.29, 1.82) is 5.26 Å². The second kappa shape index (κ2) is 4.90. The lowest BCUT2D eigenvalue weighted by molar-refractivity contribution is 1.02. The van der Waals surface area contributed by atoms with E-state index in [2.05, 4.69) is 31.0 Å². The summed E-state index contributed by atoms with van der Waals surface area (Å²) in [6.07, 6.45) is 3.03. The highest BCUT2D eigenvalue weighted by Gasteiger charge is 2.14. The van der Waals surface area contributed by atoms with E-state index in [0.29, 0.717) is 21.3 Å². The Labute approximate surface area is 119 Å². The molecule has 0 atom stereocenters. The number of nitrogens with one attached hydrogen (secondary N) is 1. The van der Waals surface area contributed by atoms with Crippen molar-refractivity contribution in [2.75, 3.05) is 0 Å². The molecule has 0 amide bonds. The molecule has 3 aromatic heterocycles. The fourth-order valence-electron chi connectivity index (χ4n) is 1.92. The summed E-state index contributed by atoms with van der Waals surface area (Å²) in [4.78, 5) is 19.8. The number of aromatic nitrogens is 5. The molecule has 0 spiro atoms. The average molecular weight is 282 g/mol. The lowest BCUT2D eigenvalue weighted by atomic mass is 10.1. The van der Waals surface area contributed by atoms with Crippen molar-refractivity contribution >= 4 is 22.9 Å². The predicted octanol–water partition coefficient (Wildman–Crippen LogP) is 2.39. The summed E-state index contributed by atoms with van der Waals surface area (Å²) in [6.45, 7) is 3.81. The highest BCUT2D eigenvalue weighted by Crippen LogP contribution is 2.31. The molecule has 0 aliphatic carbocycles. The fourth-order valence-corrected chi connectivity index (χ4v) is 2.96. The van der Waals surface area contributed by atoms with Gasteiger partial charge in [0.25, 0.3) is 0 Å². The van der Waals surface area contributed by atoms with Crippen LogP contribution in [0, 0.1) is 25.2 Å². The SMILES string of the molecule is Cc1cc(C)c(C#N)c(Sc2ncnc3nc[nH]c23)n1. The molecule has 1 N–H and O–H groups in total. The minimum Gasteiger partial charge on any atom is -0.341 e. The van der Waals surface area contributed by atoms with E-state index in [-0.39, 0.29) is 0 Å². The molecule has 3 heterocycles. The first kappa shape index (κ1) is 12.6. The lowest BCUT2D eigenvalue weighted by Gasteiger charge is -2.06. The number of hydrogen-bond donors (Lipinski definition) is 1. The number of aryl methyl sites for hydroxylation is 2. The molecule has 0 aromatic carbocycles. The molecule has 0 radical (unpaired) electrons. The van der Waals surface area contributed by atoms with Gasteiger partial charge in [0.2, 0.25) is 0 Å². The number of aromatic amines is 1. The fraction of sp³-hybridized carbons (Fsp3) is 0.154. The van der Waals surface area contributed by atoms with Gasteiger partial charge in [0, 0.05) is 5.69 Å². The van der Waals surface area contributed by atoms with Crippen LogP contribution in [0.25, 0.3) is 11.2 Å². The molecule has 0 saturated heterocycles. The van der Waals surface area contributed by atoms with Crippen molar-refractivity contribution in [3.05, 3.63) is 35.5 Å². The molecular weight excluding hydrogens is 272 g/mol. The molecule has 3 rings (SSSR count). The summed E-state index contributed by atoms with van der Waals surface area (Å²) in [5.74, 6) is 0. The van der Waals surface area contributed by atoms with Crippen LogP contribution < -0.4 is 0 Å². The van der Waals surface area contributed by atoms with Crippen molar-refractivity contribution in [3.8, 4) is 6.07 Å². The monoisotopic (exact) mass is 282 g/mol. The van der Waals surface area contributed by atoms with Gasteiger partial charge in [-0.2, -0.15) is 5.26 Å². The number of nitriles is 1. The van der Waals surface area contributed by atoms with E-state index in [1.165, 1.54) is 18.1 Å². The minimum atomic E-state index is 0.576. The van der Waals surface area contributed by atoms with Crippen LogP contribution in [0.15, 0.2) is 28.8 Å². The molecule has 7 heteroatoms. The standard InChI is InChI=1S/C13H10N6S/c1-7-3-8(2)19-12(9(7)4-14)20-13-10-11(16-5-15-10)17-6-18-13/h3,5-6H,1-2H3,(H,15,16,17,18). The molecule has 0 unspecified atom stereocenters. The van der Waals surface area contributed by atoms with Crippen LogP contribution >= 0.6 is 11.8 Å². The zero-order valence-corrected chi connectivity index (χ0v) is 11.7. The number of fused-ring (bicyclic) bond motifs is 1. The third-order valence-electron chi connectivity index (χ3n) is 2.80. The van der Waals surface area contributed by atoms with Crippen LogP contribution in [0.5, 0.6) is 0 Å². The summed E-state index contributed by atoms with van der Waals surface area (Å²) in [7, 11) is 0. The molecule has 3 aromatic rings. The van der Waals surface area contributed by atoms with Crippen LogP contribution in [0.2, 0.25) is 0 Å². The molecule has 20 heavy (non-hydrogen) atoms. The molecule has 0 aliphatic rings. The Morgan fingerprint density at radius 2 is 2.05 bits per heavy atom. The number of pyridine rings is 1. The van der Waals surface area contributed by atoms with Gasteiger partial charge in [-0.1, -0.05) is 0 Å². The second-order valence-corrected chi connectivity index (χ2v) is 5.23. The highest BCUT2D eigenvalue weighted by atomic mass is 32.2. The maximum Gasteiger partial charge on any atom is 0.181 e. The van der Waals surface area contributed by atoms with Gasteiger partial charge in [-0.3, -0.25) is 0 Å². The Kier molecular flexibility index (Phi) is 3.08. The van der Waals surface area contributed by atoms with Crippen molar-refractivity contribution in [1.82, 2.24) is 24.9 Å². The van der Waals surface area contributed by atoms with E-state index in [1.54, 1.807) is 6.33 Å². The van der Waals surface area contributed by atoms with Crippen molar-refractivity contribution < 1.29 is 0 Å². The highest BCUT2D eigenvalue weighted by molar-refractivity contribution is 7.99. The molecule has 0 saturated carbocycles. The summed E-state index contributed by atoms with van der Waals surface area (Å²) in [5.41, 5.74) is 3.72. The normalized spacial score (nSPS) is 10.7. The molecular formula is C13H10N6S. The molecule has 6 nitrogen and oxygen atoms in total. The van der Waals surface area contributed by atoms with Crippen molar-refractivity contribution in [2.24, 2.45) is 0 Å². The predicted molar refractivity (Wildman–Crippen MR) is 74.2 cm³/mol. The lowest BCUT2D eigenvalue weighted by Crippen LogP contribution is -1.95. The zero-order valence-electron chi connectivity index (χ0n) is 10.9. The van der Waals surface area contributed by atoms with Crippen LogP contribution in [0.1, 0.15) is 16.8 Å². The molecule has 0 bridgehead atoms. The second-order valence-electron chi connectivity index (χ2n) is 4.25. The van der Waals surface area contributed by atoms with Gasteiger partial charge >= 0.3 is 0 Å². The van der Waals surface area contributed by atoms with Gasteiger partial charge in [-0.15, -0.1) is 0 Å². The zero-order chi connectivity index (χ0) is 14.1. The Morgan fingerprint density at radius 3 is 2.85 bits per heavy atom. The number of rotatable bonds is 2. The molecule has 98 valence electrons. The number of nitrogens with zero attached hydrogens (tertiary/aromatic N) is 5. The van der Waals surface area contributed by atoms with E-state index < -0.39 is 0 Å². The maximum atomic E-state index is 9.29. The first-order valence-electron chi connectivity index (χ1n) is 5.89. The minimum absolute atomic E-state index is 0.576. The van der Waals surface area contributed by atoms with Crippen LogP contribution in [0.4, 0.5) is 0 Å². The summed E-state index contributed by atoms with van der Waals surface area (Å²) >= 11 is 1.35. The molecule has 0 fully saturated rings. The maximum absolute atomic E-state index is 9.29. The van der Waals surface area contributed by atoms with Crippen molar-refractivity contribution in [2.45, 2.75) is 23.9 Å². The molecule has 0 aliphatic heterocycles. The average Bonchev–Trinajstić information content (AvgIpc) is 2.87. The Hall–Kier alpha value is -2.46. The number of hydrogen-bond acceptors (Lipinski definition) is 6. The van der Waals surface area contributed by atoms with Crippen LogP contribution in [-0.4, -0.2) is 24.9 Å². The van der Waals surface area contributed by atoms with Gasteiger partial charge in [0.1, 0.15) is 28.0 Å². The first-order valence-corrected chi connectivity index (χ1v) is 6.71. The Balaban J connectivity index is 2.12. The number of imidazole rings is 1.